The molecule has 1 atom stereocenters. The quantitative estimate of drug-likeness (QED) is 0.636. The molecule has 0 fully saturated rings. The third-order valence-corrected chi connectivity index (χ3v) is 4.87. The van der Waals surface area contributed by atoms with Gasteiger partial charge in [-0.3, -0.25) is 4.79 Å². The summed E-state index contributed by atoms with van der Waals surface area (Å²) in [6, 6.07) is 12.6. The maximum absolute atomic E-state index is 12.2. The Labute approximate surface area is 163 Å². The van der Waals surface area contributed by atoms with E-state index in [9.17, 15) is 18.0 Å². The largest absolute Gasteiger partial charge is 0.496 e. The lowest BCUT2D eigenvalue weighted by molar-refractivity contribution is -0.129. The van der Waals surface area contributed by atoms with Crippen LogP contribution in [0.4, 0.5) is 0 Å². The second-order valence-corrected chi connectivity index (χ2v) is 7.54. The SMILES string of the molecule is COc1ccccc1C(=O)OC(C)C(=O)NCCc1ccc(S(N)(=O)=O)cc1. The minimum absolute atomic E-state index is 0.0251. The van der Waals surface area contributed by atoms with Gasteiger partial charge >= 0.3 is 5.97 Å². The van der Waals surface area contributed by atoms with E-state index in [1.165, 1.54) is 26.2 Å². The highest BCUT2D eigenvalue weighted by molar-refractivity contribution is 7.89. The molecular formula is C19H22N2O6S. The van der Waals surface area contributed by atoms with Crippen molar-refractivity contribution in [2.24, 2.45) is 5.14 Å². The summed E-state index contributed by atoms with van der Waals surface area (Å²) in [5.41, 5.74) is 1.06. The molecule has 0 saturated heterocycles. The number of methoxy groups -OCH3 is 1. The maximum atomic E-state index is 12.2. The molecule has 0 radical (unpaired) electrons. The monoisotopic (exact) mass is 406 g/mol. The first-order chi connectivity index (χ1) is 13.2. The molecule has 0 heterocycles. The Bertz CT molecular complexity index is 941. The number of para-hydroxylation sites is 1. The zero-order valence-corrected chi connectivity index (χ0v) is 16.4. The van der Waals surface area contributed by atoms with Gasteiger partial charge in [0.05, 0.1) is 12.0 Å². The molecule has 0 aliphatic rings. The van der Waals surface area contributed by atoms with Crippen LogP contribution in [0, 0.1) is 0 Å². The smallest absolute Gasteiger partial charge is 0.342 e. The Kier molecular flexibility index (Phi) is 7.13. The van der Waals surface area contributed by atoms with Gasteiger partial charge in [0, 0.05) is 6.54 Å². The van der Waals surface area contributed by atoms with E-state index in [2.05, 4.69) is 5.32 Å². The highest BCUT2D eigenvalue weighted by Crippen LogP contribution is 2.18. The molecule has 0 spiro atoms. The average Bonchev–Trinajstić information content (AvgIpc) is 2.67. The molecule has 2 aromatic rings. The van der Waals surface area contributed by atoms with Crippen LogP contribution in [0.3, 0.4) is 0 Å². The zero-order valence-electron chi connectivity index (χ0n) is 15.5. The van der Waals surface area contributed by atoms with Crippen LogP contribution < -0.4 is 15.2 Å². The van der Waals surface area contributed by atoms with Crippen LogP contribution in [0.1, 0.15) is 22.8 Å². The maximum Gasteiger partial charge on any atom is 0.342 e. The van der Waals surface area contributed by atoms with Gasteiger partial charge < -0.3 is 14.8 Å². The summed E-state index contributed by atoms with van der Waals surface area (Å²) in [5, 5.41) is 7.72. The van der Waals surface area contributed by atoms with Crippen molar-refractivity contribution in [3.63, 3.8) is 0 Å². The topological polar surface area (TPSA) is 125 Å². The van der Waals surface area contributed by atoms with Gasteiger partial charge in [0.1, 0.15) is 11.3 Å². The fourth-order valence-electron chi connectivity index (χ4n) is 2.41. The molecular weight excluding hydrogens is 384 g/mol. The van der Waals surface area contributed by atoms with E-state index in [1.807, 2.05) is 0 Å². The Morgan fingerprint density at radius 1 is 1.11 bits per heavy atom. The standard InChI is InChI=1S/C19H22N2O6S/c1-13(27-19(23)16-5-3-4-6-17(16)26-2)18(22)21-12-11-14-7-9-15(10-8-14)28(20,24)25/h3-10,13H,11-12H2,1-2H3,(H,21,22)(H2,20,24,25). The lowest BCUT2D eigenvalue weighted by Crippen LogP contribution is -2.37. The first-order valence-corrected chi connectivity index (χ1v) is 10.0. The number of carbonyl (C=O) groups is 2. The molecule has 0 saturated carbocycles. The van der Waals surface area contributed by atoms with Gasteiger partial charge in [-0.1, -0.05) is 24.3 Å². The van der Waals surface area contributed by atoms with Crippen molar-refractivity contribution in [1.29, 1.82) is 0 Å². The van der Waals surface area contributed by atoms with Crippen LogP contribution in [0.5, 0.6) is 5.75 Å². The normalized spacial score (nSPS) is 12.1. The van der Waals surface area contributed by atoms with Gasteiger partial charge in [-0.25, -0.2) is 18.4 Å². The second kappa shape index (κ2) is 9.34. The van der Waals surface area contributed by atoms with E-state index >= 15 is 0 Å². The fourth-order valence-corrected chi connectivity index (χ4v) is 2.93. The lowest BCUT2D eigenvalue weighted by atomic mass is 10.1. The van der Waals surface area contributed by atoms with Crippen molar-refractivity contribution in [2.45, 2.75) is 24.3 Å². The summed E-state index contributed by atoms with van der Waals surface area (Å²) in [6.45, 7) is 1.77. The lowest BCUT2D eigenvalue weighted by Gasteiger charge is -2.14. The predicted molar refractivity (Wildman–Crippen MR) is 102 cm³/mol. The van der Waals surface area contributed by atoms with E-state index < -0.39 is 28.0 Å². The average molecular weight is 406 g/mol. The number of carbonyl (C=O) groups excluding carboxylic acids is 2. The summed E-state index contributed by atoms with van der Waals surface area (Å²) < 4.78 is 32.7. The number of rotatable bonds is 8. The summed E-state index contributed by atoms with van der Waals surface area (Å²) in [7, 11) is -2.29. The number of esters is 1. The van der Waals surface area contributed by atoms with Crippen LogP contribution in [-0.4, -0.2) is 40.1 Å². The second-order valence-electron chi connectivity index (χ2n) is 5.98. The van der Waals surface area contributed by atoms with Crippen LogP contribution in [0.2, 0.25) is 0 Å². The number of benzene rings is 2. The van der Waals surface area contributed by atoms with Crippen LogP contribution in [-0.2, 0) is 26.0 Å². The number of hydrogen-bond donors (Lipinski definition) is 2. The van der Waals surface area contributed by atoms with E-state index in [1.54, 1.807) is 36.4 Å². The predicted octanol–water partition coefficient (Wildman–Crippen LogP) is 1.25. The highest BCUT2D eigenvalue weighted by atomic mass is 32.2. The van der Waals surface area contributed by atoms with E-state index in [0.29, 0.717) is 18.7 Å². The molecule has 0 bridgehead atoms. The van der Waals surface area contributed by atoms with Crippen molar-refractivity contribution in [3.8, 4) is 5.75 Å². The summed E-state index contributed by atoms with van der Waals surface area (Å²) in [4.78, 5) is 24.4. The Morgan fingerprint density at radius 3 is 2.36 bits per heavy atom. The molecule has 1 unspecified atom stereocenters. The molecule has 28 heavy (non-hydrogen) atoms. The molecule has 9 heteroatoms. The Balaban J connectivity index is 1.85. The zero-order chi connectivity index (χ0) is 20.7. The number of nitrogens with two attached hydrogens (primary N) is 1. The summed E-state index contributed by atoms with van der Waals surface area (Å²) in [5.74, 6) is -0.730. The number of sulfonamides is 1. The molecule has 1 amide bonds. The van der Waals surface area contributed by atoms with Crippen molar-refractivity contribution < 1.29 is 27.5 Å². The van der Waals surface area contributed by atoms with Gasteiger partial charge in [-0.05, 0) is 43.2 Å². The molecule has 8 nitrogen and oxygen atoms in total. The van der Waals surface area contributed by atoms with E-state index in [-0.39, 0.29) is 10.5 Å². The molecule has 0 aliphatic heterocycles. The van der Waals surface area contributed by atoms with Crippen LogP contribution in [0.25, 0.3) is 0 Å². The Hall–Kier alpha value is -2.91. The molecule has 3 N–H and O–H groups in total. The summed E-state index contributed by atoms with van der Waals surface area (Å²) >= 11 is 0. The van der Waals surface area contributed by atoms with E-state index in [0.717, 1.165) is 5.56 Å². The van der Waals surface area contributed by atoms with Crippen molar-refractivity contribution in [1.82, 2.24) is 5.32 Å². The van der Waals surface area contributed by atoms with Crippen molar-refractivity contribution >= 4 is 21.9 Å². The van der Waals surface area contributed by atoms with Gasteiger partial charge in [-0.2, -0.15) is 0 Å². The first kappa shape index (κ1) is 21.4. The minimum Gasteiger partial charge on any atom is -0.496 e. The van der Waals surface area contributed by atoms with E-state index in [4.69, 9.17) is 14.6 Å². The number of amides is 1. The third kappa shape index (κ3) is 5.80. The van der Waals surface area contributed by atoms with Crippen molar-refractivity contribution in [2.75, 3.05) is 13.7 Å². The Morgan fingerprint density at radius 2 is 1.75 bits per heavy atom. The number of primary sulfonamides is 1. The van der Waals surface area contributed by atoms with Gasteiger partial charge in [0.25, 0.3) is 5.91 Å². The molecule has 2 rings (SSSR count). The van der Waals surface area contributed by atoms with Crippen LogP contribution in [0.15, 0.2) is 53.4 Å². The first-order valence-electron chi connectivity index (χ1n) is 8.46. The summed E-state index contributed by atoms with van der Waals surface area (Å²) in [6.07, 6.45) is -0.508. The number of hydrogen-bond acceptors (Lipinski definition) is 6. The van der Waals surface area contributed by atoms with Gasteiger partial charge in [0.2, 0.25) is 10.0 Å². The molecule has 150 valence electrons. The number of nitrogens with one attached hydrogen (secondary N) is 1. The molecule has 0 aliphatic carbocycles. The third-order valence-electron chi connectivity index (χ3n) is 3.94. The van der Waals surface area contributed by atoms with Crippen LogP contribution >= 0.6 is 0 Å². The van der Waals surface area contributed by atoms with Gasteiger partial charge in [-0.15, -0.1) is 0 Å². The molecule has 2 aromatic carbocycles. The molecule has 0 aromatic heterocycles. The van der Waals surface area contributed by atoms with Crippen molar-refractivity contribution in [3.05, 3.63) is 59.7 Å². The van der Waals surface area contributed by atoms with Gasteiger partial charge in [0.15, 0.2) is 6.10 Å². The highest BCUT2D eigenvalue weighted by Gasteiger charge is 2.20. The fraction of sp³-hybridized carbons (Fsp3) is 0.263. The minimum atomic E-state index is -3.73. The number of ether oxygens (including phenoxy) is 2.